The summed E-state index contributed by atoms with van der Waals surface area (Å²) in [4.78, 5) is 0. The number of hydrogen-bond donors (Lipinski definition) is 2. The highest BCUT2D eigenvalue weighted by atomic mass is 35.5. The molecule has 5 nitrogen and oxygen atoms in total. The van der Waals surface area contributed by atoms with Gasteiger partial charge < -0.3 is 10.3 Å². The fraction of sp³-hybridized carbons (Fsp3) is 0.417. The smallest absolute Gasteiger partial charge is 0.214 e. The van der Waals surface area contributed by atoms with Crippen molar-refractivity contribution in [2.75, 3.05) is 12.3 Å². The van der Waals surface area contributed by atoms with Gasteiger partial charge in [0.05, 0.1) is 16.0 Å². The summed E-state index contributed by atoms with van der Waals surface area (Å²) in [6.45, 7) is 7.40. The van der Waals surface area contributed by atoms with Crippen LogP contribution in [0, 0.1) is 11.2 Å². The SMILES string of the molecule is CC(C)(C)Cc1cn(CCNS(=O)(=O)C2CC2)c2ccc(-c3ccc(N)c(F)c3Cl)cc12. The monoisotopic (exact) mass is 477 g/mol. The summed E-state index contributed by atoms with van der Waals surface area (Å²) in [5.41, 5.74) is 9.29. The predicted molar refractivity (Wildman–Crippen MR) is 130 cm³/mol. The van der Waals surface area contributed by atoms with Gasteiger partial charge in [0.15, 0.2) is 5.82 Å². The molecule has 1 aliphatic carbocycles. The largest absolute Gasteiger partial charge is 0.396 e. The van der Waals surface area contributed by atoms with E-state index in [2.05, 4.69) is 36.3 Å². The zero-order valence-electron chi connectivity index (χ0n) is 18.6. The maximum absolute atomic E-state index is 14.3. The molecule has 0 spiro atoms. The van der Waals surface area contributed by atoms with Crippen LogP contribution in [0.5, 0.6) is 0 Å². The van der Waals surface area contributed by atoms with Crippen molar-refractivity contribution in [1.29, 1.82) is 0 Å². The van der Waals surface area contributed by atoms with Crippen LogP contribution in [-0.4, -0.2) is 24.8 Å². The van der Waals surface area contributed by atoms with E-state index in [0.717, 1.165) is 41.3 Å². The highest BCUT2D eigenvalue weighted by Gasteiger charge is 2.35. The molecule has 0 amide bonds. The van der Waals surface area contributed by atoms with Crippen molar-refractivity contribution < 1.29 is 12.8 Å². The standard InChI is InChI=1S/C24H29ClFN3O2S/c1-24(2,3)13-16-14-29(11-10-28-32(30,31)17-5-6-17)21-9-4-15(12-19(16)21)18-7-8-20(27)23(26)22(18)25/h4,7-9,12,14,17,28H,5-6,10-11,13,27H2,1-3H3. The molecule has 3 N–H and O–H groups in total. The lowest BCUT2D eigenvalue weighted by Gasteiger charge is -2.17. The molecule has 1 saturated carbocycles. The van der Waals surface area contributed by atoms with Crippen molar-refractivity contribution in [3.63, 3.8) is 0 Å². The number of anilines is 1. The average Bonchev–Trinajstić information content (AvgIpc) is 3.51. The molecule has 0 atom stereocenters. The van der Waals surface area contributed by atoms with Crippen LogP contribution in [0.2, 0.25) is 5.02 Å². The first kappa shape index (κ1) is 23.1. The molecule has 32 heavy (non-hydrogen) atoms. The van der Waals surface area contributed by atoms with Crippen LogP contribution in [0.3, 0.4) is 0 Å². The Bertz CT molecular complexity index is 1270. The first-order chi connectivity index (χ1) is 15.0. The highest BCUT2D eigenvalue weighted by Crippen LogP contribution is 2.36. The molecule has 0 saturated heterocycles. The van der Waals surface area contributed by atoms with E-state index in [-0.39, 0.29) is 21.4 Å². The number of aromatic nitrogens is 1. The van der Waals surface area contributed by atoms with Crippen molar-refractivity contribution in [2.24, 2.45) is 5.41 Å². The number of rotatable bonds is 7. The quantitative estimate of drug-likeness (QED) is 0.450. The van der Waals surface area contributed by atoms with Crippen LogP contribution in [0.15, 0.2) is 36.5 Å². The zero-order chi connectivity index (χ0) is 23.3. The van der Waals surface area contributed by atoms with E-state index >= 15 is 0 Å². The van der Waals surface area contributed by atoms with Gasteiger partial charge in [-0.3, -0.25) is 0 Å². The second-order valence-corrected chi connectivity index (χ2v) is 12.2. The van der Waals surface area contributed by atoms with Crippen molar-refractivity contribution >= 4 is 38.2 Å². The first-order valence-corrected chi connectivity index (χ1v) is 12.7. The summed E-state index contributed by atoms with van der Waals surface area (Å²) in [6, 6.07) is 9.17. The van der Waals surface area contributed by atoms with Crippen LogP contribution in [0.1, 0.15) is 39.2 Å². The minimum Gasteiger partial charge on any atom is -0.396 e. The Morgan fingerprint density at radius 1 is 1.22 bits per heavy atom. The molecule has 1 heterocycles. The highest BCUT2D eigenvalue weighted by molar-refractivity contribution is 7.90. The number of nitrogen functional groups attached to an aromatic ring is 1. The van der Waals surface area contributed by atoms with Crippen LogP contribution in [0.25, 0.3) is 22.0 Å². The van der Waals surface area contributed by atoms with Crippen LogP contribution in [-0.2, 0) is 23.0 Å². The fourth-order valence-corrected chi connectivity index (χ4v) is 5.68. The second-order valence-electron chi connectivity index (χ2n) is 9.79. The van der Waals surface area contributed by atoms with Gasteiger partial charge in [-0.2, -0.15) is 0 Å². The molecule has 1 fully saturated rings. The average molecular weight is 478 g/mol. The fourth-order valence-electron chi connectivity index (χ4n) is 4.03. The Kier molecular flexibility index (Phi) is 6.03. The summed E-state index contributed by atoms with van der Waals surface area (Å²) < 4.78 is 43.4. The Labute approximate surface area is 193 Å². The summed E-state index contributed by atoms with van der Waals surface area (Å²) >= 11 is 6.25. The third-order valence-electron chi connectivity index (χ3n) is 5.73. The van der Waals surface area contributed by atoms with Crippen LogP contribution < -0.4 is 10.5 Å². The number of nitrogens with two attached hydrogens (primary N) is 1. The summed E-state index contributed by atoms with van der Waals surface area (Å²) in [7, 11) is -3.21. The van der Waals surface area contributed by atoms with Crippen molar-refractivity contribution in [3.8, 4) is 11.1 Å². The van der Waals surface area contributed by atoms with Gasteiger partial charge in [-0.15, -0.1) is 0 Å². The van der Waals surface area contributed by atoms with Crippen molar-refractivity contribution in [1.82, 2.24) is 9.29 Å². The van der Waals surface area contributed by atoms with Crippen molar-refractivity contribution in [2.45, 2.75) is 51.8 Å². The van der Waals surface area contributed by atoms with Gasteiger partial charge in [0, 0.05) is 35.8 Å². The number of nitrogens with one attached hydrogen (secondary N) is 1. The zero-order valence-corrected chi connectivity index (χ0v) is 20.2. The van der Waals surface area contributed by atoms with Gasteiger partial charge in [-0.1, -0.05) is 44.5 Å². The number of benzene rings is 2. The molecule has 2 aromatic carbocycles. The van der Waals surface area contributed by atoms with Gasteiger partial charge in [0.1, 0.15) is 0 Å². The molecule has 0 bridgehead atoms. The van der Waals surface area contributed by atoms with Gasteiger partial charge in [-0.05, 0) is 54.0 Å². The lowest BCUT2D eigenvalue weighted by Crippen LogP contribution is -2.30. The Morgan fingerprint density at radius 2 is 1.94 bits per heavy atom. The van der Waals surface area contributed by atoms with Gasteiger partial charge in [0.25, 0.3) is 0 Å². The van der Waals surface area contributed by atoms with E-state index in [1.807, 2.05) is 18.2 Å². The Hall–Kier alpha value is -2.09. The van der Waals surface area contributed by atoms with Gasteiger partial charge in [-0.25, -0.2) is 17.5 Å². The molecule has 0 unspecified atom stereocenters. The van der Waals surface area contributed by atoms with Crippen LogP contribution >= 0.6 is 11.6 Å². The van der Waals surface area contributed by atoms with E-state index in [1.165, 1.54) is 6.07 Å². The summed E-state index contributed by atoms with van der Waals surface area (Å²) in [5.74, 6) is -0.611. The molecule has 8 heteroatoms. The predicted octanol–water partition coefficient (Wildman–Crippen LogP) is 5.35. The van der Waals surface area contributed by atoms with E-state index in [1.54, 1.807) is 6.07 Å². The third-order valence-corrected chi connectivity index (χ3v) is 8.05. The minimum atomic E-state index is -3.21. The van der Waals surface area contributed by atoms with E-state index < -0.39 is 15.8 Å². The molecular weight excluding hydrogens is 449 g/mol. The second kappa shape index (κ2) is 8.36. The molecule has 172 valence electrons. The maximum Gasteiger partial charge on any atom is 0.214 e. The number of nitrogens with zero attached hydrogens (tertiary/aromatic N) is 1. The Morgan fingerprint density at radius 3 is 2.59 bits per heavy atom. The molecule has 1 aromatic heterocycles. The lowest BCUT2D eigenvalue weighted by atomic mass is 9.87. The van der Waals surface area contributed by atoms with E-state index in [0.29, 0.717) is 18.7 Å². The van der Waals surface area contributed by atoms with Crippen molar-refractivity contribution in [3.05, 3.63) is 52.9 Å². The lowest BCUT2D eigenvalue weighted by molar-refractivity contribution is 0.412. The molecule has 0 radical (unpaired) electrons. The van der Waals surface area contributed by atoms with Gasteiger partial charge >= 0.3 is 0 Å². The number of halogens is 2. The normalized spacial score (nSPS) is 14.9. The minimum absolute atomic E-state index is 0.00985. The number of sulfonamides is 1. The van der Waals surface area contributed by atoms with E-state index in [4.69, 9.17) is 17.3 Å². The molecule has 1 aliphatic rings. The number of fused-ring (bicyclic) bond motifs is 1. The molecule has 0 aliphatic heterocycles. The van der Waals surface area contributed by atoms with E-state index in [9.17, 15) is 12.8 Å². The summed E-state index contributed by atoms with van der Waals surface area (Å²) in [5, 5.41) is 0.833. The topological polar surface area (TPSA) is 77.1 Å². The number of hydrogen-bond acceptors (Lipinski definition) is 3. The van der Waals surface area contributed by atoms with Gasteiger partial charge in [0.2, 0.25) is 10.0 Å². The van der Waals surface area contributed by atoms with Crippen LogP contribution in [0.4, 0.5) is 10.1 Å². The Balaban J connectivity index is 1.70. The maximum atomic E-state index is 14.3. The summed E-state index contributed by atoms with van der Waals surface area (Å²) in [6.07, 6.45) is 4.43. The first-order valence-electron chi connectivity index (χ1n) is 10.8. The molecule has 3 aromatic rings. The third kappa shape index (κ3) is 4.80. The molecule has 4 rings (SSSR count). The molecular formula is C24H29ClFN3O2S.